The highest BCUT2D eigenvalue weighted by molar-refractivity contribution is 5.86. The molecule has 0 aliphatic carbocycles. The molecule has 0 saturated carbocycles. The first kappa shape index (κ1) is 24.3. The molecule has 1 aliphatic heterocycles. The minimum atomic E-state index is -4.67. The lowest BCUT2D eigenvalue weighted by Crippen LogP contribution is -2.56. The number of carbonyl (C=O) groups excluding carboxylic acids is 3. The van der Waals surface area contributed by atoms with Gasteiger partial charge >= 0.3 is 18.4 Å². The van der Waals surface area contributed by atoms with Crippen LogP contribution < -0.4 is 5.32 Å². The second-order valence-electron chi connectivity index (χ2n) is 7.00. The van der Waals surface area contributed by atoms with Crippen LogP contribution in [-0.2, 0) is 20.9 Å². The van der Waals surface area contributed by atoms with Crippen molar-refractivity contribution >= 4 is 18.1 Å². The predicted octanol–water partition coefficient (Wildman–Crippen LogP) is 2.92. The van der Waals surface area contributed by atoms with Crippen molar-refractivity contribution in [2.45, 2.75) is 38.6 Å². The van der Waals surface area contributed by atoms with Gasteiger partial charge in [-0.2, -0.15) is 13.2 Å². The van der Waals surface area contributed by atoms with E-state index in [-0.39, 0.29) is 39.4 Å². The number of nitrogens with one attached hydrogen (secondary N) is 1. The Hall–Kier alpha value is -2.98. The van der Waals surface area contributed by atoms with Crippen LogP contribution in [0.4, 0.5) is 22.8 Å². The molecule has 1 fully saturated rings. The third-order valence-electron chi connectivity index (χ3n) is 4.52. The lowest BCUT2D eigenvalue weighted by molar-refractivity contribution is -0.154. The second kappa shape index (κ2) is 11.4. The van der Waals surface area contributed by atoms with Gasteiger partial charge in [0.25, 0.3) is 0 Å². The van der Waals surface area contributed by atoms with E-state index in [1.807, 2.05) is 12.2 Å². The number of halogens is 3. The van der Waals surface area contributed by atoms with Crippen molar-refractivity contribution in [1.82, 2.24) is 15.1 Å². The largest absolute Gasteiger partial charge is 0.449 e. The number of piperazine rings is 1. The number of ether oxygens (including phenoxy) is 2. The Balaban J connectivity index is 1.92. The molecule has 172 valence electrons. The predicted molar refractivity (Wildman–Crippen MR) is 104 cm³/mol. The highest BCUT2D eigenvalue weighted by Gasteiger charge is 2.39. The summed E-state index contributed by atoms with van der Waals surface area (Å²) in [6, 6.07) is 6.79. The second-order valence-corrected chi connectivity index (χ2v) is 7.00. The van der Waals surface area contributed by atoms with E-state index < -0.39 is 36.7 Å². The Morgan fingerprint density at radius 2 is 1.65 bits per heavy atom. The van der Waals surface area contributed by atoms with Gasteiger partial charge in [-0.05, 0) is 12.0 Å². The molecule has 11 heteroatoms. The molecular formula is C20H26F3N3O5. The van der Waals surface area contributed by atoms with E-state index >= 15 is 0 Å². The number of alkyl carbamates (subject to hydrolysis) is 1. The maximum atomic E-state index is 13.0. The normalized spacial score (nSPS) is 15.2. The van der Waals surface area contributed by atoms with Gasteiger partial charge in [-0.1, -0.05) is 37.3 Å². The number of rotatable bonds is 7. The molecule has 1 heterocycles. The molecule has 1 atom stereocenters. The molecule has 3 amide bonds. The quantitative estimate of drug-likeness (QED) is 0.697. The molecule has 2 rings (SSSR count). The lowest BCUT2D eigenvalue weighted by Gasteiger charge is -2.36. The van der Waals surface area contributed by atoms with E-state index in [4.69, 9.17) is 9.47 Å². The van der Waals surface area contributed by atoms with Crippen molar-refractivity contribution in [3.8, 4) is 0 Å². The van der Waals surface area contributed by atoms with Gasteiger partial charge in [-0.25, -0.2) is 9.59 Å². The standard InChI is InChI=1S/C20H26F3N3O5/c1-2-12-30-19(29)26-10-8-25(9-11-26)17(27)16(13-20(21,22)23)24-18(28)31-14-15-6-4-3-5-7-15/h3-7,16H,2,8-14H2,1H3,(H,24,28). The number of amides is 3. The smallest absolute Gasteiger partial charge is 0.409 e. The topological polar surface area (TPSA) is 88.2 Å². The number of alkyl halides is 3. The number of hydrogen-bond acceptors (Lipinski definition) is 5. The highest BCUT2D eigenvalue weighted by atomic mass is 19.4. The van der Waals surface area contributed by atoms with Crippen LogP contribution >= 0.6 is 0 Å². The summed E-state index contributed by atoms with van der Waals surface area (Å²) in [5.41, 5.74) is 0.655. The maximum Gasteiger partial charge on any atom is 0.409 e. The summed E-state index contributed by atoms with van der Waals surface area (Å²) in [6.45, 7) is 2.31. The van der Waals surface area contributed by atoms with Gasteiger partial charge in [0.15, 0.2) is 0 Å². The molecule has 1 aliphatic rings. The molecule has 1 N–H and O–H groups in total. The summed E-state index contributed by atoms with van der Waals surface area (Å²) in [6.07, 6.45) is -7.17. The van der Waals surface area contributed by atoms with Crippen molar-refractivity contribution in [2.75, 3.05) is 32.8 Å². The minimum absolute atomic E-state index is 0.0369. The summed E-state index contributed by atoms with van der Waals surface area (Å²) in [5.74, 6) is -0.879. The molecule has 1 aromatic carbocycles. The summed E-state index contributed by atoms with van der Waals surface area (Å²) in [7, 11) is 0. The van der Waals surface area contributed by atoms with Crippen molar-refractivity contribution in [2.24, 2.45) is 0 Å². The van der Waals surface area contributed by atoms with Crippen LogP contribution in [0, 0.1) is 0 Å². The molecule has 0 radical (unpaired) electrons. The van der Waals surface area contributed by atoms with Crippen LogP contribution in [0.25, 0.3) is 0 Å². The monoisotopic (exact) mass is 445 g/mol. The van der Waals surface area contributed by atoms with Crippen molar-refractivity contribution in [3.63, 3.8) is 0 Å². The molecule has 8 nitrogen and oxygen atoms in total. The molecule has 1 saturated heterocycles. The highest BCUT2D eigenvalue weighted by Crippen LogP contribution is 2.23. The average molecular weight is 445 g/mol. The number of benzene rings is 1. The lowest BCUT2D eigenvalue weighted by atomic mass is 10.1. The van der Waals surface area contributed by atoms with Gasteiger partial charge in [0.1, 0.15) is 12.6 Å². The number of carbonyl (C=O) groups is 3. The van der Waals surface area contributed by atoms with E-state index in [1.54, 1.807) is 30.3 Å². The van der Waals surface area contributed by atoms with Gasteiger partial charge in [0.05, 0.1) is 13.0 Å². The number of nitrogens with zero attached hydrogens (tertiary/aromatic N) is 2. The Morgan fingerprint density at radius 3 is 2.23 bits per heavy atom. The molecule has 0 bridgehead atoms. The average Bonchev–Trinajstić information content (AvgIpc) is 2.75. The van der Waals surface area contributed by atoms with Crippen LogP contribution in [0.5, 0.6) is 0 Å². The minimum Gasteiger partial charge on any atom is -0.449 e. The van der Waals surface area contributed by atoms with Crippen LogP contribution in [0.15, 0.2) is 30.3 Å². The maximum absolute atomic E-state index is 13.0. The van der Waals surface area contributed by atoms with E-state index in [1.165, 1.54) is 9.80 Å². The Labute approximate surface area is 178 Å². The summed E-state index contributed by atoms with van der Waals surface area (Å²) in [4.78, 5) is 39.1. The molecule has 1 aromatic rings. The van der Waals surface area contributed by atoms with Crippen LogP contribution in [0.2, 0.25) is 0 Å². The fourth-order valence-corrected chi connectivity index (χ4v) is 2.95. The number of hydrogen-bond donors (Lipinski definition) is 1. The Kier molecular flexibility index (Phi) is 8.95. The molecule has 31 heavy (non-hydrogen) atoms. The van der Waals surface area contributed by atoms with Crippen molar-refractivity contribution < 1.29 is 37.0 Å². The third kappa shape index (κ3) is 8.35. The van der Waals surface area contributed by atoms with Gasteiger partial charge in [0.2, 0.25) is 5.91 Å². The van der Waals surface area contributed by atoms with Gasteiger partial charge in [-0.3, -0.25) is 4.79 Å². The fraction of sp³-hybridized carbons (Fsp3) is 0.550. The summed E-state index contributed by atoms with van der Waals surface area (Å²) in [5, 5.41) is 2.03. The zero-order chi connectivity index (χ0) is 22.9. The van der Waals surface area contributed by atoms with Crippen LogP contribution in [0.3, 0.4) is 0 Å². The van der Waals surface area contributed by atoms with Gasteiger partial charge in [-0.15, -0.1) is 0 Å². The molecular weight excluding hydrogens is 419 g/mol. The SMILES string of the molecule is CCCOC(=O)N1CCN(C(=O)C(CC(F)(F)F)NC(=O)OCc2ccccc2)CC1. The van der Waals surface area contributed by atoms with E-state index in [0.717, 1.165) is 0 Å². The van der Waals surface area contributed by atoms with E-state index in [9.17, 15) is 27.6 Å². The summed E-state index contributed by atoms with van der Waals surface area (Å²) < 4.78 is 48.9. The van der Waals surface area contributed by atoms with E-state index in [0.29, 0.717) is 12.0 Å². The van der Waals surface area contributed by atoms with E-state index in [2.05, 4.69) is 0 Å². The van der Waals surface area contributed by atoms with Gasteiger partial charge in [0, 0.05) is 26.2 Å². The van der Waals surface area contributed by atoms with Crippen molar-refractivity contribution in [1.29, 1.82) is 0 Å². The Bertz CT molecular complexity index is 737. The fourth-order valence-electron chi connectivity index (χ4n) is 2.95. The first-order valence-corrected chi connectivity index (χ1v) is 9.94. The zero-order valence-corrected chi connectivity index (χ0v) is 17.2. The van der Waals surface area contributed by atoms with Crippen molar-refractivity contribution in [3.05, 3.63) is 35.9 Å². The van der Waals surface area contributed by atoms with Crippen LogP contribution in [-0.4, -0.2) is 72.9 Å². The molecule has 0 spiro atoms. The first-order chi connectivity index (χ1) is 14.7. The van der Waals surface area contributed by atoms with Crippen LogP contribution in [0.1, 0.15) is 25.3 Å². The molecule has 0 aromatic heterocycles. The first-order valence-electron chi connectivity index (χ1n) is 9.94. The molecule has 1 unspecified atom stereocenters. The third-order valence-corrected chi connectivity index (χ3v) is 4.52. The zero-order valence-electron chi connectivity index (χ0n) is 17.2. The summed E-state index contributed by atoms with van der Waals surface area (Å²) >= 11 is 0. The Morgan fingerprint density at radius 1 is 1.03 bits per heavy atom. The van der Waals surface area contributed by atoms with Gasteiger partial charge < -0.3 is 24.6 Å².